The van der Waals surface area contributed by atoms with Gasteiger partial charge in [0.1, 0.15) is 5.82 Å². The van der Waals surface area contributed by atoms with E-state index in [-0.39, 0.29) is 11.7 Å². The monoisotopic (exact) mass is 274 g/mol. The van der Waals surface area contributed by atoms with Crippen LogP contribution in [0.2, 0.25) is 0 Å². The quantitative estimate of drug-likeness (QED) is 0.735. The topological polar surface area (TPSA) is 58.3 Å². The van der Waals surface area contributed by atoms with Crippen LogP contribution in [-0.2, 0) is 0 Å². The fourth-order valence-corrected chi connectivity index (χ4v) is 2.04. The molecule has 0 fully saturated rings. The van der Waals surface area contributed by atoms with E-state index in [0.717, 1.165) is 5.56 Å². The maximum Gasteiger partial charge on any atom is 0.146 e. The van der Waals surface area contributed by atoms with Crippen molar-refractivity contribution in [3.63, 3.8) is 0 Å². The molecule has 0 aliphatic carbocycles. The van der Waals surface area contributed by atoms with Gasteiger partial charge in [0.05, 0.1) is 11.8 Å². The van der Waals surface area contributed by atoms with Crippen molar-refractivity contribution < 1.29 is 9.50 Å². The SMILES string of the molecule is CC(NCC(O)c1ccc(F)c(N)c1)c1ccccc1. The summed E-state index contributed by atoms with van der Waals surface area (Å²) in [6, 6.07) is 14.4. The summed E-state index contributed by atoms with van der Waals surface area (Å²) in [6.07, 6.45) is -0.718. The number of hydrogen-bond donors (Lipinski definition) is 3. The van der Waals surface area contributed by atoms with Gasteiger partial charge in [0.2, 0.25) is 0 Å². The van der Waals surface area contributed by atoms with Gasteiger partial charge in [-0.1, -0.05) is 36.4 Å². The zero-order valence-corrected chi connectivity index (χ0v) is 11.4. The first kappa shape index (κ1) is 14.5. The van der Waals surface area contributed by atoms with E-state index in [1.807, 2.05) is 37.3 Å². The van der Waals surface area contributed by atoms with E-state index in [2.05, 4.69) is 5.32 Å². The number of hydrogen-bond acceptors (Lipinski definition) is 3. The van der Waals surface area contributed by atoms with E-state index in [1.165, 1.54) is 12.1 Å². The van der Waals surface area contributed by atoms with Crippen molar-refractivity contribution in [2.45, 2.75) is 19.1 Å². The molecule has 0 aliphatic rings. The molecule has 0 aliphatic heterocycles. The maximum absolute atomic E-state index is 13.1. The van der Waals surface area contributed by atoms with E-state index < -0.39 is 11.9 Å². The molecule has 2 unspecified atom stereocenters. The van der Waals surface area contributed by atoms with Crippen LogP contribution in [0.3, 0.4) is 0 Å². The van der Waals surface area contributed by atoms with Gasteiger partial charge in [-0.25, -0.2) is 4.39 Å². The average Bonchev–Trinajstić information content (AvgIpc) is 2.48. The Morgan fingerprint density at radius 1 is 1.15 bits per heavy atom. The molecule has 0 saturated carbocycles. The van der Waals surface area contributed by atoms with E-state index in [0.29, 0.717) is 12.1 Å². The third-order valence-corrected chi connectivity index (χ3v) is 3.32. The molecule has 2 rings (SSSR count). The Hall–Kier alpha value is -1.91. The lowest BCUT2D eigenvalue weighted by Gasteiger charge is -2.18. The molecule has 2 atom stereocenters. The van der Waals surface area contributed by atoms with Crippen LogP contribution in [0.15, 0.2) is 48.5 Å². The number of aliphatic hydroxyl groups is 1. The standard InChI is InChI=1S/C16H19FN2O/c1-11(12-5-3-2-4-6-12)19-10-16(20)13-7-8-14(17)15(18)9-13/h2-9,11,16,19-20H,10,18H2,1H3. The molecule has 106 valence electrons. The molecule has 0 heterocycles. The second-order valence-corrected chi connectivity index (χ2v) is 4.84. The maximum atomic E-state index is 13.1. The third-order valence-electron chi connectivity index (χ3n) is 3.32. The normalized spacial score (nSPS) is 13.9. The minimum absolute atomic E-state index is 0.0534. The fourth-order valence-electron chi connectivity index (χ4n) is 2.04. The average molecular weight is 274 g/mol. The highest BCUT2D eigenvalue weighted by molar-refractivity contribution is 5.43. The van der Waals surface area contributed by atoms with E-state index >= 15 is 0 Å². The Morgan fingerprint density at radius 3 is 2.50 bits per heavy atom. The zero-order chi connectivity index (χ0) is 14.5. The van der Waals surface area contributed by atoms with Crippen LogP contribution in [0.5, 0.6) is 0 Å². The van der Waals surface area contributed by atoms with Gasteiger partial charge in [-0.3, -0.25) is 0 Å². The first-order valence-electron chi connectivity index (χ1n) is 6.59. The number of halogens is 1. The number of nitrogens with two attached hydrogens (primary N) is 1. The van der Waals surface area contributed by atoms with Gasteiger partial charge in [0.15, 0.2) is 0 Å². The van der Waals surface area contributed by atoms with Gasteiger partial charge in [0.25, 0.3) is 0 Å². The highest BCUT2D eigenvalue weighted by atomic mass is 19.1. The first-order chi connectivity index (χ1) is 9.58. The number of nitrogens with one attached hydrogen (secondary N) is 1. The number of anilines is 1. The molecule has 20 heavy (non-hydrogen) atoms. The largest absolute Gasteiger partial charge is 0.396 e. The van der Waals surface area contributed by atoms with Crippen LogP contribution >= 0.6 is 0 Å². The Kier molecular flexibility index (Phi) is 4.71. The molecule has 0 radical (unpaired) electrons. The summed E-state index contributed by atoms with van der Waals surface area (Å²) < 4.78 is 13.1. The van der Waals surface area contributed by atoms with Gasteiger partial charge >= 0.3 is 0 Å². The second kappa shape index (κ2) is 6.50. The minimum Gasteiger partial charge on any atom is -0.396 e. The van der Waals surface area contributed by atoms with Crippen molar-refractivity contribution in [2.75, 3.05) is 12.3 Å². The van der Waals surface area contributed by atoms with Crippen LogP contribution in [0, 0.1) is 5.82 Å². The van der Waals surface area contributed by atoms with Crippen molar-refractivity contribution in [1.29, 1.82) is 0 Å². The summed E-state index contributed by atoms with van der Waals surface area (Å²) in [7, 11) is 0. The minimum atomic E-state index is -0.718. The Bertz CT molecular complexity index is 560. The van der Waals surface area contributed by atoms with Crippen molar-refractivity contribution in [3.05, 3.63) is 65.5 Å². The van der Waals surface area contributed by atoms with Crippen LogP contribution in [0.25, 0.3) is 0 Å². The Morgan fingerprint density at radius 2 is 1.85 bits per heavy atom. The molecule has 2 aromatic rings. The van der Waals surface area contributed by atoms with Crippen LogP contribution < -0.4 is 11.1 Å². The molecule has 4 N–H and O–H groups in total. The second-order valence-electron chi connectivity index (χ2n) is 4.84. The van der Waals surface area contributed by atoms with Gasteiger partial charge < -0.3 is 16.2 Å². The number of benzene rings is 2. The molecule has 0 aromatic heterocycles. The summed E-state index contributed by atoms with van der Waals surface area (Å²) in [4.78, 5) is 0. The lowest BCUT2D eigenvalue weighted by molar-refractivity contribution is 0.171. The highest BCUT2D eigenvalue weighted by Gasteiger charge is 2.11. The van der Waals surface area contributed by atoms with Crippen molar-refractivity contribution >= 4 is 5.69 Å². The molecule has 0 bridgehead atoms. The van der Waals surface area contributed by atoms with Crippen LogP contribution in [0.4, 0.5) is 10.1 Å². The smallest absolute Gasteiger partial charge is 0.146 e. The van der Waals surface area contributed by atoms with E-state index in [4.69, 9.17) is 5.73 Å². The summed E-state index contributed by atoms with van der Waals surface area (Å²) in [5.41, 5.74) is 7.31. The molecular weight excluding hydrogens is 255 g/mol. The summed E-state index contributed by atoms with van der Waals surface area (Å²) >= 11 is 0. The molecule has 0 spiro atoms. The fraction of sp³-hybridized carbons (Fsp3) is 0.250. The van der Waals surface area contributed by atoms with Crippen LogP contribution in [0.1, 0.15) is 30.2 Å². The highest BCUT2D eigenvalue weighted by Crippen LogP contribution is 2.19. The molecule has 0 amide bonds. The Labute approximate surface area is 118 Å². The van der Waals surface area contributed by atoms with Crippen molar-refractivity contribution in [3.8, 4) is 0 Å². The predicted molar refractivity (Wildman–Crippen MR) is 78.6 cm³/mol. The summed E-state index contributed by atoms with van der Waals surface area (Å²) in [5, 5.41) is 13.3. The molecule has 0 saturated heterocycles. The van der Waals surface area contributed by atoms with Gasteiger partial charge in [-0.05, 0) is 30.2 Å². The predicted octanol–water partition coefficient (Wildman–Crippen LogP) is 2.79. The van der Waals surface area contributed by atoms with Crippen molar-refractivity contribution in [1.82, 2.24) is 5.32 Å². The summed E-state index contributed by atoms with van der Waals surface area (Å²) in [5.74, 6) is -0.466. The van der Waals surface area contributed by atoms with Gasteiger partial charge in [-0.15, -0.1) is 0 Å². The molecule has 2 aromatic carbocycles. The van der Waals surface area contributed by atoms with Gasteiger partial charge in [-0.2, -0.15) is 0 Å². The lowest BCUT2D eigenvalue weighted by Crippen LogP contribution is -2.24. The number of rotatable bonds is 5. The van der Waals surface area contributed by atoms with Crippen LogP contribution in [-0.4, -0.2) is 11.7 Å². The zero-order valence-electron chi connectivity index (χ0n) is 11.4. The number of aliphatic hydroxyl groups excluding tert-OH is 1. The van der Waals surface area contributed by atoms with E-state index in [1.54, 1.807) is 6.07 Å². The number of nitrogen functional groups attached to an aromatic ring is 1. The summed E-state index contributed by atoms with van der Waals surface area (Å²) in [6.45, 7) is 2.40. The third kappa shape index (κ3) is 3.56. The van der Waals surface area contributed by atoms with E-state index in [9.17, 15) is 9.50 Å². The first-order valence-corrected chi connectivity index (χ1v) is 6.59. The molecule has 4 heteroatoms. The molecular formula is C16H19FN2O. The van der Waals surface area contributed by atoms with Crippen molar-refractivity contribution in [2.24, 2.45) is 0 Å². The lowest BCUT2D eigenvalue weighted by atomic mass is 10.1. The Balaban J connectivity index is 1.95. The van der Waals surface area contributed by atoms with Gasteiger partial charge in [0, 0.05) is 12.6 Å². The molecule has 3 nitrogen and oxygen atoms in total.